The zero-order valence-corrected chi connectivity index (χ0v) is 9.73. The summed E-state index contributed by atoms with van der Waals surface area (Å²) < 4.78 is 16.1. The van der Waals surface area contributed by atoms with Crippen LogP contribution in [-0.2, 0) is 4.79 Å². The van der Waals surface area contributed by atoms with Gasteiger partial charge < -0.3 is 19.3 Å². The van der Waals surface area contributed by atoms with Gasteiger partial charge in [-0.2, -0.15) is 0 Å². The number of hydrogen-bond acceptors (Lipinski definition) is 4. The molecule has 0 fully saturated rings. The van der Waals surface area contributed by atoms with E-state index in [0.29, 0.717) is 36.0 Å². The van der Waals surface area contributed by atoms with Crippen LogP contribution in [0.3, 0.4) is 0 Å². The lowest BCUT2D eigenvalue weighted by atomic mass is 10.0. The van der Waals surface area contributed by atoms with Crippen molar-refractivity contribution in [3.05, 3.63) is 17.7 Å². The summed E-state index contributed by atoms with van der Waals surface area (Å²) in [5.41, 5.74) is 0.638. The van der Waals surface area contributed by atoms with E-state index in [0.717, 1.165) is 0 Å². The molecule has 0 radical (unpaired) electrons. The summed E-state index contributed by atoms with van der Waals surface area (Å²) in [6, 6.07) is 3.36. The van der Waals surface area contributed by atoms with Gasteiger partial charge >= 0.3 is 5.97 Å². The van der Waals surface area contributed by atoms with Crippen LogP contribution in [0, 0.1) is 0 Å². The molecule has 1 unspecified atom stereocenters. The molecule has 0 saturated carbocycles. The SMILES string of the molecule is COc1cc(C(C)C(=O)O)cc2c1OCCO2. The van der Waals surface area contributed by atoms with E-state index in [9.17, 15) is 4.79 Å². The number of carboxylic acid groups (broad SMARTS) is 1. The molecule has 1 N–H and O–H groups in total. The molecule has 17 heavy (non-hydrogen) atoms. The number of carbonyl (C=O) groups is 1. The molecule has 0 aromatic heterocycles. The molecule has 0 saturated heterocycles. The van der Waals surface area contributed by atoms with Crippen LogP contribution < -0.4 is 14.2 Å². The molecule has 1 atom stereocenters. The van der Waals surface area contributed by atoms with Gasteiger partial charge in [0.05, 0.1) is 13.0 Å². The average molecular weight is 238 g/mol. The van der Waals surface area contributed by atoms with E-state index in [1.54, 1.807) is 19.1 Å². The Morgan fingerprint density at radius 3 is 2.76 bits per heavy atom. The van der Waals surface area contributed by atoms with E-state index in [2.05, 4.69) is 0 Å². The standard InChI is InChI=1S/C12H14O5/c1-7(12(13)14)8-5-9(15-2)11-10(6-8)16-3-4-17-11/h5-7H,3-4H2,1-2H3,(H,13,14). The molecule has 92 valence electrons. The van der Waals surface area contributed by atoms with Crippen molar-refractivity contribution >= 4 is 5.97 Å². The maximum Gasteiger partial charge on any atom is 0.310 e. The second-order valence-corrected chi connectivity index (χ2v) is 3.81. The fourth-order valence-electron chi connectivity index (χ4n) is 1.69. The Morgan fingerprint density at radius 1 is 1.41 bits per heavy atom. The summed E-state index contributed by atoms with van der Waals surface area (Å²) in [6.45, 7) is 2.55. The van der Waals surface area contributed by atoms with Crippen molar-refractivity contribution in [1.82, 2.24) is 0 Å². The third-order valence-electron chi connectivity index (χ3n) is 2.72. The first-order chi connectivity index (χ1) is 8.13. The second kappa shape index (κ2) is 4.53. The topological polar surface area (TPSA) is 65.0 Å². The average Bonchev–Trinajstić information content (AvgIpc) is 2.36. The molecular formula is C12H14O5. The Morgan fingerprint density at radius 2 is 2.12 bits per heavy atom. The van der Waals surface area contributed by atoms with Crippen LogP contribution in [0.4, 0.5) is 0 Å². The van der Waals surface area contributed by atoms with Crippen LogP contribution in [0.25, 0.3) is 0 Å². The van der Waals surface area contributed by atoms with Gasteiger partial charge in [0.25, 0.3) is 0 Å². The first kappa shape index (κ1) is 11.6. The van der Waals surface area contributed by atoms with Gasteiger partial charge in [-0.15, -0.1) is 0 Å². The van der Waals surface area contributed by atoms with Gasteiger partial charge in [0.1, 0.15) is 13.2 Å². The van der Waals surface area contributed by atoms with Crippen molar-refractivity contribution in [2.45, 2.75) is 12.8 Å². The van der Waals surface area contributed by atoms with Gasteiger partial charge in [-0.05, 0) is 24.6 Å². The zero-order valence-electron chi connectivity index (χ0n) is 9.73. The number of methoxy groups -OCH3 is 1. The zero-order chi connectivity index (χ0) is 12.4. The fourth-order valence-corrected chi connectivity index (χ4v) is 1.69. The third kappa shape index (κ3) is 2.13. The molecule has 5 nitrogen and oxygen atoms in total. The molecule has 1 aliphatic heterocycles. The van der Waals surface area contributed by atoms with Crippen LogP contribution in [0.1, 0.15) is 18.4 Å². The highest BCUT2D eigenvalue weighted by atomic mass is 16.6. The van der Waals surface area contributed by atoms with Crippen LogP contribution >= 0.6 is 0 Å². The van der Waals surface area contributed by atoms with Crippen LogP contribution in [0.5, 0.6) is 17.2 Å². The molecule has 1 aliphatic rings. The summed E-state index contributed by atoms with van der Waals surface area (Å²) in [7, 11) is 1.52. The summed E-state index contributed by atoms with van der Waals surface area (Å²) in [4.78, 5) is 11.0. The van der Waals surface area contributed by atoms with Crippen LogP contribution in [-0.4, -0.2) is 31.4 Å². The molecule has 0 bridgehead atoms. The predicted molar refractivity (Wildman–Crippen MR) is 60.0 cm³/mol. The summed E-state index contributed by atoms with van der Waals surface area (Å²) in [5.74, 6) is 0.0903. The maximum atomic E-state index is 11.0. The highest BCUT2D eigenvalue weighted by Gasteiger charge is 2.22. The molecular weight excluding hydrogens is 224 g/mol. The molecule has 1 aromatic rings. The number of ether oxygens (including phenoxy) is 3. The molecule has 1 heterocycles. The smallest absolute Gasteiger partial charge is 0.310 e. The van der Waals surface area contributed by atoms with Crippen molar-refractivity contribution in [1.29, 1.82) is 0 Å². The van der Waals surface area contributed by atoms with E-state index in [-0.39, 0.29) is 0 Å². The predicted octanol–water partition coefficient (Wildman–Crippen LogP) is 1.65. The van der Waals surface area contributed by atoms with E-state index >= 15 is 0 Å². The Labute approximate surface area is 98.9 Å². The van der Waals surface area contributed by atoms with Crippen LogP contribution in [0.2, 0.25) is 0 Å². The van der Waals surface area contributed by atoms with Crippen molar-refractivity contribution < 1.29 is 24.1 Å². The van der Waals surface area contributed by atoms with Crippen molar-refractivity contribution in [2.75, 3.05) is 20.3 Å². The Hall–Kier alpha value is -1.91. The van der Waals surface area contributed by atoms with E-state index in [4.69, 9.17) is 19.3 Å². The van der Waals surface area contributed by atoms with E-state index in [1.807, 2.05) is 0 Å². The highest BCUT2D eigenvalue weighted by molar-refractivity contribution is 5.76. The number of aliphatic carboxylic acids is 1. The molecule has 2 rings (SSSR count). The highest BCUT2D eigenvalue weighted by Crippen LogP contribution is 2.41. The minimum absolute atomic E-state index is 0.459. The summed E-state index contributed by atoms with van der Waals surface area (Å²) in [6.07, 6.45) is 0. The monoisotopic (exact) mass is 238 g/mol. The van der Waals surface area contributed by atoms with Gasteiger partial charge in [0.15, 0.2) is 11.5 Å². The molecule has 0 spiro atoms. The summed E-state index contributed by atoms with van der Waals surface area (Å²) >= 11 is 0. The molecule has 0 amide bonds. The Bertz CT molecular complexity index is 424. The second-order valence-electron chi connectivity index (χ2n) is 3.81. The molecule has 0 aliphatic carbocycles. The number of hydrogen-bond donors (Lipinski definition) is 1. The fraction of sp³-hybridized carbons (Fsp3) is 0.417. The van der Waals surface area contributed by atoms with Crippen LogP contribution in [0.15, 0.2) is 12.1 Å². The number of rotatable bonds is 3. The first-order valence-corrected chi connectivity index (χ1v) is 5.34. The number of carboxylic acids is 1. The van der Waals surface area contributed by atoms with Crippen molar-refractivity contribution in [2.24, 2.45) is 0 Å². The first-order valence-electron chi connectivity index (χ1n) is 5.34. The lowest BCUT2D eigenvalue weighted by Crippen LogP contribution is -2.17. The van der Waals surface area contributed by atoms with E-state index < -0.39 is 11.9 Å². The third-order valence-corrected chi connectivity index (χ3v) is 2.72. The number of fused-ring (bicyclic) bond motifs is 1. The minimum Gasteiger partial charge on any atom is -0.493 e. The summed E-state index contributed by atoms with van der Waals surface area (Å²) in [5, 5.41) is 8.99. The van der Waals surface area contributed by atoms with Gasteiger partial charge in [0, 0.05) is 0 Å². The van der Waals surface area contributed by atoms with Gasteiger partial charge in [-0.3, -0.25) is 4.79 Å². The van der Waals surface area contributed by atoms with Gasteiger partial charge in [-0.1, -0.05) is 0 Å². The molecule has 1 aromatic carbocycles. The molecule has 5 heteroatoms. The van der Waals surface area contributed by atoms with Crippen molar-refractivity contribution in [3.8, 4) is 17.2 Å². The minimum atomic E-state index is -0.885. The maximum absolute atomic E-state index is 11.0. The number of benzene rings is 1. The van der Waals surface area contributed by atoms with E-state index in [1.165, 1.54) is 7.11 Å². The lowest BCUT2D eigenvalue weighted by molar-refractivity contribution is -0.138. The Balaban J connectivity index is 2.46. The van der Waals surface area contributed by atoms with Gasteiger partial charge in [-0.25, -0.2) is 0 Å². The lowest BCUT2D eigenvalue weighted by Gasteiger charge is -2.22. The Kier molecular flexibility index (Phi) is 3.08. The quantitative estimate of drug-likeness (QED) is 0.867. The normalized spacial score (nSPS) is 15.2. The largest absolute Gasteiger partial charge is 0.493 e. The van der Waals surface area contributed by atoms with Crippen molar-refractivity contribution in [3.63, 3.8) is 0 Å². The van der Waals surface area contributed by atoms with Gasteiger partial charge in [0.2, 0.25) is 5.75 Å².